The lowest BCUT2D eigenvalue weighted by molar-refractivity contribution is -0.161. The van der Waals surface area contributed by atoms with Crippen LogP contribution in [0.15, 0.2) is 158 Å². The smallest absolute Gasteiger partial charge is 0.463 e. The van der Waals surface area contributed by atoms with Gasteiger partial charge in [-0.1, -0.05) is 281 Å². The molecule has 0 aliphatic rings. The number of carbonyl (C=O) groups is 3. The highest BCUT2D eigenvalue weighted by atomic mass is 31.2. The topological polar surface area (TPSA) is 231 Å². The second-order valence-electron chi connectivity index (χ2n) is 24.7. The maximum atomic E-state index is 12.9. The van der Waals surface area contributed by atoms with E-state index in [4.69, 9.17) is 32.3 Å². The SMILES string of the molecule is CC/C=C\C/C=C\C/C=C\C/C=C\C/C=C\C/C=C\CCC(=O)OCC(COP(=O)(O)OCC(O)COP(=O)(O)OCC(O)COC(=O)CCCCCCCCCCCCCCC/C=C\C/C=C\C/C=C\C/C=C\CCCCC)OC(=O)CCCCCCC/C=C\C/C=C\C/C=C\CC. The lowest BCUT2D eigenvalue weighted by Gasteiger charge is -2.21. The molecule has 99 heavy (non-hydrogen) atoms. The predicted molar refractivity (Wildman–Crippen MR) is 408 cm³/mol. The van der Waals surface area contributed by atoms with Crippen molar-refractivity contribution >= 4 is 33.6 Å². The van der Waals surface area contributed by atoms with E-state index in [-0.39, 0.29) is 19.3 Å². The molecule has 0 heterocycles. The first-order valence-electron chi connectivity index (χ1n) is 37.8. The van der Waals surface area contributed by atoms with Gasteiger partial charge in [0.1, 0.15) is 25.4 Å². The van der Waals surface area contributed by atoms with Gasteiger partial charge in [-0.05, 0) is 135 Å². The van der Waals surface area contributed by atoms with Crippen LogP contribution in [-0.4, -0.2) is 95.9 Å². The minimum absolute atomic E-state index is 0.0359. The van der Waals surface area contributed by atoms with Crippen LogP contribution in [0.25, 0.3) is 0 Å². The molecule has 0 aromatic carbocycles. The highest BCUT2D eigenvalue weighted by Gasteiger charge is 2.29. The molecule has 0 aliphatic heterocycles. The highest BCUT2D eigenvalue weighted by molar-refractivity contribution is 7.47. The predicted octanol–water partition coefficient (Wildman–Crippen LogP) is 21.9. The van der Waals surface area contributed by atoms with E-state index in [1.165, 1.54) is 83.5 Å². The Labute approximate surface area is 600 Å². The number of aliphatic hydroxyl groups excluding tert-OH is 2. The van der Waals surface area contributed by atoms with Crippen LogP contribution in [0.4, 0.5) is 0 Å². The van der Waals surface area contributed by atoms with Crippen molar-refractivity contribution in [1.29, 1.82) is 0 Å². The fourth-order valence-corrected chi connectivity index (χ4v) is 11.1. The normalized spacial score (nSPS) is 14.9. The molecule has 0 aromatic rings. The Morgan fingerprint density at radius 3 is 0.909 bits per heavy atom. The van der Waals surface area contributed by atoms with Crippen LogP contribution >= 0.6 is 15.6 Å². The molecule has 18 heteroatoms. The second kappa shape index (κ2) is 72.9. The number of allylic oxidation sites excluding steroid dienone is 26. The van der Waals surface area contributed by atoms with Crippen LogP contribution in [0.3, 0.4) is 0 Å². The van der Waals surface area contributed by atoms with Crippen LogP contribution < -0.4 is 0 Å². The Morgan fingerprint density at radius 1 is 0.293 bits per heavy atom. The number of hydrogen-bond acceptors (Lipinski definition) is 14. The first-order valence-corrected chi connectivity index (χ1v) is 40.8. The van der Waals surface area contributed by atoms with Crippen LogP contribution in [0.1, 0.15) is 278 Å². The summed E-state index contributed by atoms with van der Waals surface area (Å²) in [6.45, 7) is 2.29. The summed E-state index contributed by atoms with van der Waals surface area (Å²) in [4.78, 5) is 58.5. The quantitative estimate of drug-likeness (QED) is 0.0146. The Hall–Kier alpha value is -4.83. The van der Waals surface area contributed by atoms with Crippen molar-refractivity contribution in [2.24, 2.45) is 0 Å². The molecule has 0 bridgehead atoms. The molecule has 0 saturated carbocycles. The number of aliphatic hydroxyl groups is 2. The van der Waals surface area contributed by atoms with Gasteiger partial charge in [0.15, 0.2) is 6.10 Å². The average molecular weight is 1430 g/mol. The molecule has 0 saturated heterocycles. The number of unbranched alkanes of at least 4 members (excludes halogenated alkanes) is 21. The van der Waals surface area contributed by atoms with Crippen LogP contribution in [-0.2, 0) is 55.8 Å². The van der Waals surface area contributed by atoms with Gasteiger partial charge < -0.3 is 34.2 Å². The van der Waals surface area contributed by atoms with Gasteiger partial charge in [-0.15, -0.1) is 0 Å². The van der Waals surface area contributed by atoms with E-state index in [2.05, 4.69) is 161 Å². The van der Waals surface area contributed by atoms with Gasteiger partial charge in [-0.25, -0.2) is 9.13 Å². The lowest BCUT2D eigenvalue weighted by atomic mass is 10.0. The number of esters is 3. The third-order valence-electron chi connectivity index (χ3n) is 15.2. The molecular weight excluding hydrogens is 1290 g/mol. The number of phosphoric ester groups is 2. The third kappa shape index (κ3) is 74.2. The molecule has 4 N–H and O–H groups in total. The zero-order valence-electron chi connectivity index (χ0n) is 61.4. The van der Waals surface area contributed by atoms with E-state index in [0.29, 0.717) is 25.7 Å². The number of hydrogen-bond donors (Lipinski definition) is 4. The van der Waals surface area contributed by atoms with E-state index in [9.17, 15) is 43.5 Å². The average Bonchev–Trinajstić information content (AvgIpc) is 1.92. The van der Waals surface area contributed by atoms with Crippen molar-refractivity contribution in [2.45, 2.75) is 296 Å². The molecule has 564 valence electrons. The standard InChI is InChI=1S/C81H134O16P2/c1-4-7-10-13-16-19-22-25-28-30-32-33-34-35-36-37-38-39-40-41-43-45-47-49-52-55-58-61-64-67-79(84)91-70-76(82)71-93-98(87,88)94-72-77(83)73-95-99(89,90)96-75-78(97-81(86)69-66-63-60-57-54-51-46-27-24-21-18-15-12-9-6-3)74-92-80(85)68-65-62-59-56-53-50-48-44-42-31-29-26-23-20-17-14-11-8-5-2/h8-9,11-12,16-21,25-29,32-33,35-36,42,44,46,50,53,59,62,76-78,82-83H,4-7,10,13-15,22-24,30-31,34,37-41,43,45,47-49,51-52,54-58,60-61,63-75H2,1-3H3,(H,87,88)(H,89,90)/b11-8-,12-9-,19-16-,20-17-,21-18-,28-25-,29-26-,33-32-,36-35-,44-42-,46-27-,53-50-,62-59-. The van der Waals surface area contributed by atoms with Crippen molar-refractivity contribution in [3.8, 4) is 0 Å². The molecule has 16 nitrogen and oxygen atoms in total. The number of ether oxygens (including phenoxy) is 3. The minimum Gasteiger partial charge on any atom is -0.463 e. The number of phosphoric acid groups is 2. The van der Waals surface area contributed by atoms with E-state index < -0.39 is 91.5 Å². The first kappa shape index (κ1) is 94.2. The monoisotopic (exact) mass is 1420 g/mol. The second-order valence-corrected chi connectivity index (χ2v) is 27.6. The highest BCUT2D eigenvalue weighted by Crippen LogP contribution is 2.45. The summed E-state index contributed by atoms with van der Waals surface area (Å²) >= 11 is 0. The molecule has 0 amide bonds. The van der Waals surface area contributed by atoms with E-state index in [1.807, 2.05) is 18.2 Å². The minimum atomic E-state index is -4.95. The summed E-state index contributed by atoms with van der Waals surface area (Å²) in [5.41, 5.74) is 0. The number of rotatable bonds is 70. The van der Waals surface area contributed by atoms with Crippen molar-refractivity contribution < 1.29 is 75.8 Å². The molecular formula is C81H134O16P2. The van der Waals surface area contributed by atoms with Gasteiger partial charge in [0.25, 0.3) is 0 Å². The summed E-state index contributed by atoms with van der Waals surface area (Å²) in [5, 5.41) is 20.6. The summed E-state index contributed by atoms with van der Waals surface area (Å²) in [6.07, 6.45) is 90.3. The molecule has 0 rings (SSSR count). The van der Waals surface area contributed by atoms with Gasteiger partial charge in [-0.2, -0.15) is 0 Å². The summed E-state index contributed by atoms with van der Waals surface area (Å²) in [7, 11) is -9.82. The molecule has 0 fully saturated rings. The maximum absolute atomic E-state index is 12.9. The van der Waals surface area contributed by atoms with Crippen LogP contribution in [0.5, 0.6) is 0 Å². The summed E-state index contributed by atoms with van der Waals surface area (Å²) in [6, 6.07) is 0. The molecule has 5 atom stereocenters. The Morgan fingerprint density at radius 2 is 0.556 bits per heavy atom. The first-order chi connectivity index (χ1) is 48.2. The summed E-state index contributed by atoms with van der Waals surface area (Å²) < 4.78 is 60.9. The molecule has 5 unspecified atom stereocenters. The summed E-state index contributed by atoms with van der Waals surface area (Å²) in [5.74, 6) is -1.70. The van der Waals surface area contributed by atoms with E-state index in [0.717, 1.165) is 128 Å². The Bertz CT molecular complexity index is 2430. The van der Waals surface area contributed by atoms with Gasteiger partial charge in [0, 0.05) is 19.3 Å². The fraction of sp³-hybridized carbons (Fsp3) is 0.642. The molecule has 0 aromatic heterocycles. The number of carbonyl (C=O) groups excluding carboxylic acids is 3. The third-order valence-corrected chi connectivity index (χ3v) is 17.1. The zero-order valence-corrected chi connectivity index (χ0v) is 63.1. The van der Waals surface area contributed by atoms with Crippen molar-refractivity contribution in [1.82, 2.24) is 0 Å². The van der Waals surface area contributed by atoms with Crippen LogP contribution in [0.2, 0.25) is 0 Å². The largest absolute Gasteiger partial charge is 0.472 e. The van der Waals surface area contributed by atoms with E-state index in [1.54, 1.807) is 0 Å². The van der Waals surface area contributed by atoms with Crippen molar-refractivity contribution in [3.05, 3.63) is 158 Å². The lowest BCUT2D eigenvalue weighted by Crippen LogP contribution is -2.30. The van der Waals surface area contributed by atoms with Gasteiger partial charge in [0.05, 0.1) is 26.4 Å². The van der Waals surface area contributed by atoms with Crippen LogP contribution in [0, 0.1) is 0 Å². The van der Waals surface area contributed by atoms with Gasteiger partial charge in [-0.3, -0.25) is 32.5 Å². The van der Waals surface area contributed by atoms with Gasteiger partial charge >= 0.3 is 33.6 Å². The zero-order chi connectivity index (χ0) is 72.3. The molecule has 0 aliphatic carbocycles. The molecule has 0 radical (unpaired) electrons. The Kier molecular flexibility index (Phi) is 69.4. The Balaban J connectivity index is 4.59. The van der Waals surface area contributed by atoms with Gasteiger partial charge in [0.2, 0.25) is 0 Å². The fourth-order valence-electron chi connectivity index (χ4n) is 9.54. The maximum Gasteiger partial charge on any atom is 0.472 e. The van der Waals surface area contributed by atoms with Crippen molar-refractivity contribution in [2.75, 3.05) is 39.6 Å². The van der Waals surface area contributed by atoms with Crippen molar-refractivity contribution in [3.63, 3.8) is 0 Å². The molecule has 0 spiro atoms. The van der Waals surface area contributed by atoms with E-state index >= 15 is 0 Å².